The summed E-state index contributed by atoms with van der Waals surface area (Å²) in [7, 11) is 4.35. The molecular weight excluding hydrogens is 424 g/mol. The molecule has 0 amide bonds. The maximum atomic E-state index is 2.52. The molecule has 0 fully saturated rings. The van der Waals surface area contributed by atoms with Gasteiger partial charge in [0.2, 0.25) is 0 Å². The molecular formula is C33H34N2. The van der Waals surface area contributed by atoms with Gasteiger partial charge >= 0.3 is 0 Å². The van der Waals surface area contributed by atoms with Crippen LogP contribution in [0.2, 0.25) is 0 Å². The summed E-state index contributed by atoms with van der Waals surface area (Å²) in [6.07, 6.45) is 0. The molecule has 0 unspecified atom stereocenters. The molecule has 176 valence electrons. The predicted molar refractivity (Wildman–Crippen MR) is 147 cm³/mol. The van der Waals surface area contributed by atoms with E-state index >= 15 is 0 Å². The van der Waals surface area contributed by atoms with Gasteiger partial charge in [-0.1, -0.05) is 98.8 Å². The fourth-order valence-corrected chi connectivity index (χ4v) is 6.61. The van der Waals surface area contributed by atoms with Crippen molar-refractivity contribution in [1.82, 2.24) is 9.80 Å². The first-order valence-corrected chi connectivity index (χ1v) is 12.9. The molecule has 4 aromatic rings. The molecule has 6 rings (SSSR count). The highest BCUT2D eigenvalue weighted by molar-refractivity contribution is 5.95. The van der Waals surface area contributed by atoms with E-state index in [0.29, 0.717) is 0 Å². The Morgan fingerprint density at radius 1 is 0.600 bits per heavy atom. The van der Waals surface area contributed by atoms with Crippen molar-refractivity contribution in [1.29, 1.82) is 0 Å². The lowest BCUT2D eigenvalue weighted by Gasteiger charge is -2.33. The maximum Gasteiger partial charge on any atom is 0.0728 e. The Morgan fingerprint density at radius 3 is 1.83 bits per heavy atom. The zero-order valence-electron chi connectivity index (χ0n) is 21.3. The summed E-state index contributed by atoms with van der Waals surface area (Å²) in [5.41, 5.74) is 13.8. The number of hydrogen-bond donors (Lipinski definition) is 0. The van der Waals surface area contributed by atoms with Crippen LogP contribution in [-0.2, 0) is 18.5 Å². The number of hydrogen-bond acceptors (Lipinski definition) is 2. The van der Waals surface area contributed by atoms with E-state index in [-0.39, 0.29) is 5.41 Å². The van der Waals surface area contributed by atoms with Gasteiger partial charge in [-0.3, -0.25) is 4.90 Å². The van der Waals surface area contributed by atoms with E-state index in [1.54, 1.807) is 0 Å². The van der Waals surface area contributed by atoms with Gasteiger partial charge in [-0.05, 0) is 82.8 Å². The van der Waals surface area contributed by atoms with E-state index in [1.807, 2.05) is 0 Å². The zero-order chi connectivity index (χ0) is 24.2. The lowest BCUT2D eigenvalue weighted by molar-refractivity contribution is 0.296. The summed E-state index contributed by atoms with van der Waals surface area (Å²) in [4.78, 5) is 4.80. The molecule has 0 bridgehead atoms. The van der Waals surface area contributed by atoms with Crippen LogP contribution in [0.1, 0.15) is 47.2 Å². The second kappa shape index (κ2) is 8.48. The average Bonchev–Trinajstić information content (AvgIpc) is 3.34. The normalized spacial score (nSPS) is 14.3. The highest BCUT2D eigenvalue weighted by Crippen LogP contribution is 2.63. The van der Waals surface area contributed by atoms with Crippen molar-refractivity contribution in [2.45, 2.75) is 32.4 Å². The van der Waals surface area contributed by atoms with Crippen LogP contribution in [0, 0.1) is 0 Å². The molecule has 0 saturated heterocycles. The quantitative estimate of drug-likeness (QED) is 0.267. The van der Waals surface area contributed by atoms with Crippen molar-refractivity contribution in [2.75, 3.05) is 27.2 Å². The van der Waals surface area contributed by atoms with Gasteiger partial charge in [0.1, 0.15) is 0 Å². The third-order valence-corrected chi connectivity index (χ3v) is 8.04. The molecule has 0 aromatic heterocycles. The molecule has 2 heteroatoms. The highest BCUT2D eigenvalue weighted by Gasteiger charge is 2.52. The van der Waals surface area contributed by atoms with Gasteiger partial charge in [0.05, 0.1) is 5.41 Å². The summed E-state index contributed by atoms with van der Waals surface area (Å²) in [6, 6.07) is 32.4. The van der Waals surface area contributed by atoms with Gasteiger partial charge < -0.3 is 4.90 Å². The van der Waals surface area contributed by atoms with Crippen molar-refractivity contribution in [3.63, 3.8) is 0 Å². The smallest absolute Gasteiger partial charge is 0.0728 e. The van der Waals surface area contributed by atoms with Crippen LogP contribution in [0.25, 0.3) is 22.3 Å². The molecule has 2 aliphatic rings. The van der Waals surface area contributed by atoms with Crippen LogP contribution in [0.15, 0.2) is 84.9 Å². The van der Waals surface area contributed by atoms with Gasteiger partial charge in [0.15, 0.2) is 0 Å². The maximum absolute atomic E-state index is 2.52. The van der Waals surface area contributed by atoms with Gasteiger partial charge in [0.25, 0.3) is 0 Å². The van der Waals surface area contributed by atoms with Gasteiger partial charge in [-0.25, -0.2) is 0 Å². The molecule has 0 N–H and O–H groups in total. The number of nitrogens with zero attached hydrogens (tertiary/aromatic N) is 2. The molecule has 0 aliphatic heterocycles. The lowest BCUT2D eigenvalue weighted by atomic mass is 9.69. The van der Waals surface area contributed by atoms with Gasteiger partial charge in [0, 0.05) is 13.1 Å². The van der Waals surface area contributed by atoms with E-state index < -0.39 is 0 Å². The van der Waals surface area contributed by atoms with Gasteiger partial charge in [-0.15, -0.1) is 0 Å². The minimum absolute atomic E-state index is 0.274. The topological polar surface area (TPSA) is 6.48 Å². The van der Waals surface area contributed by atoms with Crippen molar-refractivity contribution in [3.8, 4) is 22.3 Å². The average molecular weight is 459 g/mol. The third-order valence-electron chi connectivity index (χ3n) is 8.04. The van der Waals surface area contributed by atoms with Crippen molar-refractivity contribution in [2.24, 2.45) is 0 Å². The molecule has 35 heavy (non-hydrogen) atoms. The van der Waals surface area contributed by atoms with E-state index in [9.17, 15) is 0 Å². The minimum Gasteiger partial charge on any atom is -0.305 e. The van der Waals surface area contributed by atoms with Crippen LogP contribution < -0.4 is 0 Å². The summed E-state index contributed by atoms with van der Waals surface area (Å²) >= 11 is 0. The Kier molecular flexibility index (Phi) is 5.40. The lowest BCUT2D eigenvalue weighted by Crippen LogP contribution is -2.29. The summed E-state index contributed by atoms with van der Waals surface area (Å²) in [5, 5.41) is 0. The first-order valence-electron chi connectivity index (χ1n) is 12.9. The van der Waals surface area contributed by atoms with E-state index in [4.69, 9.17) is 0 Å². The highest BCUT2D eigenvalue weighted by atomic mass is 15.1. The van der Waals surface area contributed by atoms with Crippen LogP contribution in [0.5, 0.6) is 0 Å². The van der Waals surface area contributed by atoms with Crippen LogP contribution in [0.3, 0.4) is 0 Å². The van der Waals surface area contributed by atoms with Gasteiger partial charge in [-0.2, -0.15) is 0 Å². The number of rotatable bonds is 6. The Bertz CT molecular complexity index is 1370. The molecule has 0 heterocycles. The fraction of sp³-hybridized carbons (Fsp3) is 0.273. The summed E-state index contributed by atoms with van der Waals surface area (Å²) in [5.74, 6) is 0. The Hall–Kier alpha value is -3.20. The molecule has 1 spiro atoms. The zero-order valence-corrected chi connectivity index (χ0v) is 21.3. The van der Waals surface area contributed by atoms with E-state index in [1.165, 1.54) is 55.6 Å². The Morgan fingerprint density at radius 2 is 1.20 bits per heavy atom. The van der Waals surface area contributed by atoms with Crippen LogP contribution in [-0.4, -0.2) is 37.0 Å². The monoisotopic (exact) mass is 458 g/mol. The van der Waals surface area contributed by atoms with E-state index in [2.05, 4.69) is 123 Å². The largest absolute Gasteiger partial charge is 0.305 e. The summed E-state index contributed by atoms with van der Waals surface area (Å²) < 4.78 is 0. The molecule has 2 aliphatic carbocycles. The SMILES string of the molecule is CCN(CC)Cc1ccc2c(c1)C1(c3ccccc3-c3ccccc31)c1c(CN(C)C)cccc1-2. The molecule has 2 nitrogen and oxygen atoms in total. The number of benzene rings is 4. The minimum atomic E-state index is -0.274. The van der Waals surface area contributed by atoms with Crippen LogP contribution >= 0.6 is 0 Å². The molecule has 0 saturated carbocycles. The summed E-state index contributed by atoms with van der Waals surface area (Å²) in [6.45, 7) is 8.56. The second-order valence-electron chi connectivity index (χ2n) is 10.3. The fourth-order valence-electron chi connectivity index (χ4n) is 6.61. The Balaban J connectivity index is 1.71. The van der Waals surface area contributed by atoms with Crippen LogP contribution in [0.4, 0.5) is 0 Å². The van der Waals surface area contributed by atoms with Crippen molar-refractivity contribution < 1.29 is 0 Å². The molecule has 0 radical (unpaired) electrons. The first-order chi connectivity index (χ1) is 17.1. The Labute approximate surface area is 209 Å². The third kappa shape index (κ3) is 3.17. The standard InChI is InChI=1S/C33H34N2/c1-5-35(6-2)21-23-18-19-27-28-15-11-12-24(22-34(3)4)32(28)33(31(27)20-23)29-16-9-7-13-25(29)26-14-8-10-17-30(26)33/h7-20H,5-6,21-22H2,1-4H3. The van der Waals surface area contributed by atoms with Crippen molar-refractivity contribution in [3.05, 3.63) is 118 Å². The molecule has 4 aromatic carbocycles. The number of fused-ring (bicyclic) bond motifs is 10. The first kappa shape index (κ1) is 22.3. The second-order valence-corrected chi connectivity index (χ2v) is 10.3. The van der Waals surface area contributed by atoms with E-state index in [0.717, 1.165) is 26.2 Å². The van der Waals surface area contributed by atoms with Crippen molar-refractivity contribution >= 4 is 0 Å². The molecule has 0 atom stereocenters. The predicted octanol–water partition coefficient (Wildman–Crippen LogP) is 6.93.